The molecule has 1 heterocycles. The molecule has 4 aliphatic carbocycles. The van der Waals surface area contributed by atoms with Crippen molar-refractivity contribution in [1.82, 2.24) is 15.0 Å². The summed E-state index contributed by atoms with van der Waals surface area (Å²) in [6.45, 7) is 0. The number of nitrogens with zero attached hydrogens (tertiary/aromatic N) is 4. The van der Waals surface area contributed by atoms with Gasteiger partial charge in [-0.2, -0.15) is 5.26 Å². The van der Waals surface area contributed by atoms with Gasteiger partial charge in [0, 0.05) is 16.7 Å². The number of rotatable bonds is 8. The van der Waals surface area contributed by atoms with E-state index in [0.717, 1.165) is 73.4 Å². The van der Waals surface area contributed by atoms with Gasteiger partial charge in [-0.05, 0) is 160 Å². The summed E-state index contributed by atoms with van der Waals surface area (Å²) in [5.41, 5.74) is 14.2. The maximum atomic E-state index is 9.56. The van der Waals surface area contributed by atoms with Gasteiger partial charge in [0.25, 0.3) is 0 Å². The lowest BCUT2D eigenvalue weighted by Crippen LogP contribution is -2.48. The number of benzene rings is 7. The van der Waals surface area contributed by atoms with Crippen molar-refractivity contribution >= 4 is 0 Å². The van der Waals surface area contributed by atoms with Crippen LogP contribution in [-0.2, 0) is 5.41 Å². The Morgan fingerprint density at radius 2 is 0.700 bits per heavy atom. The molecular weight excluding hydrogens is 729 g/mol. The van der Waals surface area contributed by atoms with Crippen LogP contribution in [-0.4, -0.2) is 15.0 Å². The molecule has 0 saturated heterocycles. The highest BCUT2D eigenvalue weighted by Crippen LogP contribution is 2.60. The van der Waals surface area contributed by atoms with Crippen LogP contribution in [0.25, 0.3) is 78.7 Å². The Morgan fingerprint density at radius 1 is 0.367 bits per heavy atom. The van der Waals surface area contributed by atoms with E-state index in [1.165, 1.54) is 49.7 Å². The maximum absolute atomic E-state index is 9.56. The zero-order chi connectivity index (χ0) is 40.0. The fourth-order valence-electron chi connectivity index (χ4n) is 11.0. The second-order valence-electron chi connectivity index (χ2n) is 17.5. The van der Waals surface area contributed by atoms with Crippen molar-refractivity contribution in [3.05, 3.63) is 187 Å². The van der Waals surface area contributed by atoms with Crippen molar-refractivity contribution in [2.45, 2.75) is 43.9 Å². The number of nitriles is 1. The second-order valence-corrected chi connectivity index (χ2v) is 17.5. The number of hydrogen-bond acceptors (Lipinski definition) is 4. The van der Waals surface area contributed by atoms with E-state index in [9.17, 15) is 5.26 Å². The minimum Gasteiger partial charge on any atom is -0.208 e. The lowest BCUT2D eigenvalue weighted by atomic mass is 9.48. The monoisotopic (exact) mass is 772 g/mol. The van der Waals surface area contributed by atoms with Gasteiger partial charge in [0.2, 0.25) is 0 Å². The maximum Gasteiger partial charge on any atom is 0.164 e. The Hall–Kier alpha value is -6.96. The Morgan fingerprint density at radius 3 is 1.12 bits per heavy atom. The van der Waals surface area contributed by atoms with Gasteiger partial charge in [-0.3, -0.25) is 0 Å². The zero-order valence-corrected chi connectivity index (χ0v) is 33.5. The Bertz CT molecular complexity index is 2780. The zero-order valence-electron chi connectivity index (χ0n) is 33.5. The Labute approximate surface area is 352 Å². The fraction of sp³-hybridized carbons (Fsp3) is 0.179. The number of hydrogen-bond donors (Lipinski definition) is 0. The van der Waals surface area contributed by atoms with Crippen molar-refractivity contribution in [2.24, 2.45) is 17.8 Å². The molecule has 1 aromatic heterocycles. The van der Waals surface area contributed by atoms with Gasteiger partial charge in [0.1, 0.15) is 0 Å². The molecule has 0 amide bonds. The molecule has 0 unspecified atom stereocenters. The largest absolute Gasteiger partial charge is 0.208 e. The van der Waals surface area contributed by atoms with Crippen LogP contribution in [0.5, 0.6) is 0 Å². The van der Waals surface area contributed by atoms with E-state index in [1.807, 2.05) is 60.7 Å². The van der Waals surface area contributed by atoms with Crippen LogP contribution in [0.4, 0.5) is 0 Å². The van der Waals surface area contributed by atoms with E-state index in [1.54, 1.807) is 0 Å². The predicted molar refractivity (Wildman–Crippen MR) is 242 cm³/mol. The van der Waals surface area contributed by atoms with Gasteiger partial charge in [0.15, 0.2) is 17.5 Å². The molecule has 4 aliphatic rings. The van der Waals surface area contributed by atoms with E-state index in [2.05, 4.69) is 121 Å². The first-order valence-electron chi connectivity index (χ1n) is 21.4. The minimum atomic E-state index is 0.340. The highest BCUT2D eigenvalue weighted by atomic mass is 15.0. The van der Waals surface area contributed by atoms with Crippen LogP contribution in [0.3, 0.4) is 0 Å². The van der Waals surface area contributed by atoms with Crippen LogP contribution >= 0.6 is 0 Å². The number of aromatic nitrogens is 3. The van der Waals surface area contributed by atoms with Gasteiger partial charge in [0.05, 0.1) is 11.6 Å². The van der Waals surface area contributed by atoms with E-state index in [-0.39, 0.29) is 0 Å². The third-order valence-corrected chi connectivity index (χ3v) is 13.5. The second kappa shape index (κ2) is 15.0. The third kappa shape index (κ3) is 6.91. The average molecular weight is 773 g/mol. The summed E-state index contributed by atoms with van der Waals surface area (Å²) in [6, 6.07) is 64.3. The first kappa shape index (κ1) is 36.1. The highest BCUT2D eigenvalue weighted by Gasteiger charge is 2.51. The lowest BCUT2D eigenvalue weighted by molar-refractivity contribution is -0.00518. The minimum absolute atomic E-state index is 0.340. The summed E-state index contributed by atoms with van der Waals surface area (Å²) in [7, 11) is 0. The molecule has 4 fully saturated rings. The van der Waals surface area contributed by atoms with E-state index in [0.29, 0.717) is 28.5 Å². The molecule has 0 spiro atoms. The smallest absolute Gasteiger partial charge is 0.164 e. The first-order valence-corrected chi connectivity index (χ1v) is 21.4. The molecular formula is C56H44N4. The molecule has 0 radical (unpaired) electrons. The Kier molecular flexibility index (Phi) is 9.04. The van der Waals surface area contributed by atoms with Crippen LogP contribution in [0, 0.1) is 29.1 Å². The fourth-order valence-corrected chi connectivity index (χ4v) is 11.0. The summed E-state index contributed by atoms with van der Waals surface area (Å²) < 4.78 is 0. The predicted octanol–water partition coefficient (Wildman–Crippen LogP) is 13.9. The summed E-state index contributed by atoms with van der Waals surface area (Å²) >= 11 is 0. The topological polar surface area (TPSA) is 62.5 Å². The summed E-state index contributed by atoms with van der Waals surface area (Å²) in [5.74, 6) is 4.61. The van der Waals surface area contributed by atoms with E-state index in [4.69, 9.17) is 15.0 Å². The summed E-state index contributed by atoms with van der Waals surface area (Å²) in [5, 5.41) is 9.56. The van der Waals surface area contributed by atoms with Crippen molar-refractivity contribution in [3.63, 3.8) is 0 Å². The summed E-state index contributed by atoms with van der Waals surface area (Å²) in [4.78, 5) is 15.4. The van der Waals surface area contributed by atoms with Crippen molar-refractivity contribution in [2.75, 3.05) is 0 Å². The molecule has 4 nitrogen and oxygen atoms in total. The van der Waals surface area contributed by atoms with Crippen LogP contribution in [0.15, 0.2) is 176 Å². The van der Waals surface area contributed by atoms with E-state index < -0.39 is 0 Å². The van der Waals surface area contributed by atoms with Crippen molar-refractivity contribution < 1.29 is 0 Å². The van der Waals surface area contributed by atoms with Gasteiger partial charge >= 0.3 is 0 Å². The van der Waals surface area contributed by atoms with Crippen molar-refractivity contribution in [3.8, 4) is 84.7 Å². The standard InChI is InChI=1S/C56H44N4/c57-36-37-16-18-42(19-17-37)47-27-46(41-10-4-1-5-11-41)28-49(29-47)50-30-48(43-20-22-52(23-21-43)56-33-38-24-39(34-56)26-40(25-38)35-56)31-51(32-50)55-59-53(44-12-6-2-7-13-44)58-54(60-55)45-14-8-3-9-15-45/h1-23,27-32,38-40H,24-26,33-35H2/t38-,39+,40-,56?. The SMILES string of the molecule is N#Cc1ccc(-c2cc(-c3ccccc3)cc(-c3cc(-c4ccc(C56C[C@H]7C[C@@H](C5)C[C@@H](C6)C7)cc4)cc(-c4nc(-c5ccccc5)nc(-c5ccccc5)n4)c3)c2)cc1. The molecule has 4 saturated carbocycles. The Balaban J connectivity index is 1.09. The quantitative estimate of drug-likeness (QED) is 0.154. The van der Waals surface area contributed by atoms with Crippen LogP contribution < -0.4 is 0 Å². The molecule has 12 rings (SSSR count). The molecule has 8 aromatic rings. The first-order chi connectivity index (χ1) is 29.5. The van der Waals surface area contributed by atoms with E-state index >= 15 is 0 Å². The normalized spacial score (nSPS) is 20.1. The van der Waals surface area contributed by atoms with Gasteiger partial charge in [-0.25, -0.2) is 15.0 Å². The van der Waals surface area contributed by atoms with Crippen molar-refractivity contribution in [1.29, 1.82) is 5.26 Å². The molecule has 288 valence electrons. The molecule has 4 bridgehead atoms. The van der Waals surface area contributed by atoms with Gasteiger partial charge in [-0.1, -0.05) is 127 Å². The molecule has 0 aliphatic heterocycles. The molecule has 60 heavy (non-hydrogen) atoms. The molecule has 4 heteroatoms. The van der Waals surface area contributed by atoms with Crippen LogP contribution in [0.2, 0.25) is 0 Å². The molecule has 7 aromatic carbocycles. The average Bonchev–Trinajstić information content (AvgIpc) is 3.31. The lowest BCUT2D eigenvalue weighted by Gasteiger charge is -2.57. The van der Waals surface area contributed by atoms with Gasteiger partial charge < -0.3 is 0 Å². The molecule has 0 N–H and O–H groups in total. The third-order valence-electron chi connectivity index (χ3n) is 13.5. The molecule has 0 atom stereocenters. The summed E-state index contributed by atoms with van der Waals surface area (Å²) in [6.07, 6.45) is 8.39. The highest BCUT2D eigenvalue weighted by molar-refractivity contribution is 5.86. The van der Waals surface area contributed by atoms with Crippen LogP contribution in [0.1, 0.15) is 49.7 Å². The van der Waals surface area contributed by atoms with Gasteiger partial charge in [-0.15, -0.1) is 0 Å².